The third-order valence-corrected chi connectivity index (χ3v) is 2.92. The highest BCUT2D eigenvalue weighted by atomic mass is 16.5. The van der Waals surface area contributed by atoms with Crippen LogP contribution in [0.5, 0.6) is 5.75 Å². The summed E-state index contributed by atoms with van der Waals surface area (Å²) in [5, 5.41) is 8.08. The number of fused-ring (bicyclic) bond motifs is 1. The number of aryl methyl sites for hydroxylation is 1. The van der Waals surface area contributed by atoms with Crippen molar-refractivity contribution < 1.29 is 9.47 Å². The van der Waals surface area contributed by atoms with Gasteiger partial charge in [0.25, 0.3) is 0 Å². The summed E-state index contributed by atoms with van der Waals surface area (Å²) in [4.78, 5) is 0. The Bertz CT molecular complexity index is 501. The Hall–Kier alpha value is -1.55. The lowest BCUT2D eigenvalue weighted by atomic mass is 10.1. The summed E-state index contributed by atoms with van der Waals surface area (Å²) in [7, 11) is 0. The second kappa shape index (κ2) is 3.79. The smallest absolute Gasteiger partial charge is 0.124 e. The largest absolute Gasteiger partial charge is 0.488 e. The minimum absolute atomic E-state index is 0.194. The molecule has 0 aliphatic carbocycles. The predicted molar refractivity (Wildman–Crippen MR) is 60.7 cm³/mol. The molecule has 1 aliphatic rings. The molecule has 4 heteroatoms. The van der Waals surface area contributed by atoms with E-state index in [2.05, 4.69) is 23.2 Å². The number of ether oxygens (including phenoxy) is 2. The molecule has 16 heavy (non-hydrogen) atoms. The van der Waals surface area contributed by atoms with Crippen molar-refractivity contribution in [2.24, 2.45) is 0 Å². The lowest BCUT2D eigenvalue weighted by molar-refractivity contribution is 0.141. The quantitative estimate of drug-likeness (QED) is 0.839. The predicted octanol–water partition coefficient (Wildman–Crippen LogP) is 2.04. The first-order chi connectivity index (χ1) is 7.83. The highest BCUT2D eigenvalue weighted by Gasteiger charge is 2.18. The molecule has 1 unspecified atom stereocenters. The van der Waals surface area contributed by atoms with Crippen LogP contribution in [0.1, 0.15) is 12.0 Å². The van der Waals surface area contributed by atoms with Crippen molar-refractivity contribution in [2.45, 2.75) is 19.4 Å². The van der Waals surface area contributed by atoms with Gasteiger partial charge < -0.3 is 9.47 Å². The molecule has 0 amide bonds. The highest BCUT2D eigenvalue weighted by Crippen LogP contribution is 2.26. The van der Waals surface area contributed by atoms with Gasteiger partial charge in [0.2, 0.25) is 0 Å². The van der Waals surface area contributed by atoms with Crippen LogP contribution in [0, 0.1) is 6.92 Å². The number of benzene rings is 1. The maximum absolute atomic E-state index is 5.91. The Morgan fingerprint density at radius 2 is 2.44 bits per heavy atom. The Kier molecular flexibility index (Phi) is 2.29. The number of rotatable bonds is 2. The van der Waals surface area contributed by atoms with Gasteiger partial charge in [-0.3, -0.25) is 5.10 Å². The minimum Gasteiger partial charge on any atom is -0.488 e. The van der Waals surface area contributed by atoms with Crippen molar-refractivity contribution >= 4 is 10.9 Å². The lowest BCUT2D eigenvalue weighted by Crippen LogP contribution is -2.16. The van der Waals surface area contributed by atoms with Gasteiger partial charge in [0, 0.05) is 17.9 Å². The summed E-state index contributed by atoms with van der Waals surface area (Å²) in [6, 6.07) is 4.10. The zero-order valence-electron chi connectivity index (χ0n) is 9.19. The molecule has 1 aromatic heterocycles. The topological polar surface area (TPSA) is 47.1 Å². The van der Waals surface area contributed by atoms with E-state index in [4.69, 9.17) is 9.47 Å². The van der Waals surface area contributed by atoms with Gasteiger partial charge in [-0.25, -0.2) is 0 Å². The molecule has 0 bridgehead atoms. The second-order valence-corrected chi connectivity index (χ2v) is 4.18. The molecule has 2 heterocycles. The van der Waals surface area contributed by atoms with E-state index in [0.29, 0.717) is 6.61 Å². The van der Waals surface area contributed by atoms with Crippen LogP contribution in [0.15, 0.2) is 18.3 Å². The van der Waals surface area contributed by atoms with Crippen LogP contribution in [-0.2, 0) is 4.74 Å². The summed E-state index contributed by atoms with van der Waals surface area (Å²) >= 11 is 0. The summed E-state index contributed by atoms with van der Waals surface area (Å²) in [6.07, 6.45) is 2.99. The maximum atomic E-state index is 5.91. The summed E-state index contributed by atoms with van der Waals surface area (Å²) in [5.74, 6) is 0.923. The van der Waals surface area contributed by atoms with E-state index in [-0.39, 0.29) is 6.10 Å². The van der Waals surface area contributed by atoms with E-state index in [1.54, 1.807) is 0 Å². The van der Waals surface area contributed by atoms with Gasteiger partial charge in [0.1, 0.15) is 11.9 Å². The van der Waals surface area contributed by atoms with Crippen molar-refractivity contribution in [3.05, 3.63) is 23.9 Å². The van der Waals surface area contributed by atoms with Crippen molar-refractivity contribution in [2.75, 3.05) is 13.2 Å². The number of nitrogens with zero attached hydrogens (tertiary/aromatic N) is 1. The standard InChI is InChI=1S/C12H14N2O2/c1-8-4-9-6-13-14-11(9)5-12(8)16-10-2-3-15-7-10/h4-6,10H,2-3,7H2,1H3,(H,13,14). The van der Waals surface area contributed by atoms with E-state index in [1.165, 1.54) is 0 Å². The Morgan fingerprint density at radius 3 is 3.25 bits per heavy atom. The van der Waals surface area contributed by atoms with E-state index in [0.717, 1.165) is 35.2 Å². The summed E-state index contributed by atoms with van der Waals surface area (Å²) in [5.41, 5.74) is 2.15. The monoisotopic (exact) mass is 218 g/mol. The number of aromatic amines is 1. The first kappa shape index (κ1) is 9.66. The fourth-order valence-electron chi connectivity index (χ4n) is 2.00. The molecule has 1 atom stereocenters. The number of H-pyrrole nitrogens is 1. The highest BCUT2D eigenvalue weighted by molar-refractivity contribution is 5.80. The van der Waals surface area contributed by atoms with E-state index >= 15 is 0 Å². The fraction of sp³-hybridized carbons (Fsp3) is 0.417. The zero-order chi connectivity index (χ0) is 11.0. The lowest BCUT2D eigenvalue weighted by Gasteiger charge is -2.13. The average Bonchev–Trinajstić information content (AvgIpc) is 2.89. The molecule has 1 N–H and O–H groups in total. The second-order valence-electron chi connectivity index (χ2n) is 4.18. The van der Waals surface area contributed by atoms with Crippen LogP contribution >= 0.6 is 0 Å². The van der Waals surface area contributed by atoms with Gasteiger partial charge in [-0.15, -0.1) is 0 Å². The molecular formula is C12H14N2O2. The molecule has 3 rings (SSSR count). The Labute approximate surface area is 93.6 Å². The molecule has 2 aromatic rings. The molecule has 0 radical (unpaired) electrons. The Balaban J connectivity index is 1.92. The molecular weight excluding hydrogens is 204 g/mol. The molecule has 1 fully saturated rings. The van der Waals surface area contributed by atoms with Gasteiger partial charge >= 0.3 is 0 Å². The number of aromatic nitrogens is 2. The van der Waals surface area contributed by atoms with Crippen molar-refractivity contribution in [3.8, 4) is 5.75 Å². The maximum Gasteiger partial charge on any atom is 0.124 e. The van der Waals surface area contributed by atoms with Crippen LogP contribution in [0.3, 0.4) is 0 Å². The zero-order valence-corrected chi connectivity index (χ0v) is 9.19. The van der Waals surface area contributed by atoms with E-state index < -0.39 is 0 Å². The van der Waals surface area contributed by atoms with Crippen LogP contribution in [0.25, 0.3) is 10.9 Å². The van der Waals surface area contributed by atoms with Gasteiger partial charge in [-0.05, 0) is 18.6 Å². The third kappa shape index (κ3) is 1.65. The van der Waals surface area contributed by atoms with Crippen molar-refractivity contribution in [1.29, 1.82) is 0 Å². The van der Waals surface area contributed by atoms with Crippen LogP contribution in [0.4, 0.5) is 0 Å². The third-order valence-electron chi connectivity index (χ3n) is 2.92. The van der Waals surface area contributed by atoms with Gasteiger partial charge in [0.15, 0.2) is 0 Å². The summed E-state index contributed by atoms with van der Waals surface area (Å²) in [6.45, 7) is 3.55. The van der Waals surface area contributed by atoms with Crippen LogP contribution in [-0.4, -0.2) is 29.5 Å². The molecule has 1 aromatic carbocycles. The summed E-state index contributed by atoms with van der Waals surface area (Å²) < 4.78 is 11.2. The fourth-order valence-corrected chi connectivity index (χ4v) is 2.00. The molecule has 84 valence electrons. The van der Waals surface area contributed by atoms with Crippen molar-refractivity contribution in [3.63, 3.8) is 0 Å². The first-order valence-corrected chi connectivity index (χ1v) is 5.51. The number of hydrogen-bond donors (Lipinski definition) is 1. The Morgan fingerprint density at radius 1 is 1.50 bits per heavy atom. The normalized spacial score (nSPS) is 20.4. The molecule has 0 spiro atoms. The molecule has 1 aliphatic heterocycles. The van der Waals surface area contributed by atoms with Crippen molar-refractivity contribution in [1.82, 2.24) is 10.2 Å². The molecule has 0 saturated carbocycles. The molecule has 4 nitrogen and oxygen atoms in total. The van der Waals surface area contributed by atoms with Gasteiger partial charge in [-0.1, -0.05) is 0 Å². The SMILES string of the molecule is Cc1cc2cn[nH]c2cc1OC1CCOC1. The van der Waals surface area contributed by atoms with E-state index in [9.17, 15) is 0 Å². The minimum atomic E-state index is 0.194. The molecule has 1 saturated heterocycles. The average molecular weight is 218 g/mol. The van der Waals surface area contributed by atoms with E-state index in [1.807, 2.05) is 12.3 Å². The number of nitrogens with one attached hydrogen (secondary N) is 1. The van der Waals surface area contributed by atoms with Gasteiger partial charge in [-0.2, -0.15) is 5.10 Å². The van der Waals surface area contributed by atoms with Gasteiger partial charge in [0.05, 0.1) is 24.9 Å². The number of hydrogen-bond acceptors (Lipinski definition) is 3. The van der Waals surface area contributed by atoms with Crippen LogP contribution < -0.4 is 4.74 Å². The first-order valence-electron chi connectivity index (χ1n) is 5.51. The van der Waals surface area contributed by atoms with Crippen LogP contribution in [0.2, 0.25) is 0 Å².